The third-order valence-electron chi connectivity index (χ3n) is 5.27. The van der Waals surface area contributed by atoms with Gasteiger partial charge in [0.2, 0.25) is 5.91 Å². The molecule has 2 aromatic rings. The molecule has 2 aromatic carbocycles. The van der Waals surface area contributed by atoms with Gasteiger partial charge < -0.3 is 4.74 Å². The number of hydrogen-bond donors (Lipinski definition) is 0. The number of hydrazone groups is 1. The van der Waals surface area contributed by atoms with E-state index in [9.17, 15) is 13.6 Å². The molecular weight excluding hydrogens is 376 g/mol. The summed E-state index contributed by atoms with van der Waals surface area (Å²) in [6.07, 6.45) is 2.70. The van der Waals surface area contributed by atoms with Crippen LogP contribution in [0.5, 0.6) is 5.75 Å². The van der Waals surface area contributed by atoms with Crippen LogP contribution in [0.4, 0.5) is 8.78 Å². The van der Waals surface area contributed by atoms with E-state index in [0.717, 1.165) is 37.2 Å². The largest absolute Gasteiger partial charge is 0.490 e. The van der Waals surface area contributed by atoms with Gasteiger partial charge in [-0.3, -0.25) is 9.69 Å². The van der Waals surface area contributed by atoms with Crippen molar-refractivity contribution in [3.05, 3.63) is 65.7 Å². The molecule has 2 aliphatic heterocycles. The summed E-state index contributed by atoms with van der Waals surface area (Å²) in [5.74, 6) is 0.105. The Morgan fingerprint density at radius 3 is 2.21 bits per heavy atom. The van der Waals surface area contributed by atoms with Gasteiger partial charge >= 0.3 is 0 Å². The fourth-order valence-corrected chi connectivity index (χ4v) is 3.62. The minimum Gasteiger partial charge on any atom is -0.490 e. The number of rotatable bonds is 5. The highest BCUT2D eigenvalue weighted by atomic mass is 19.1. The Bertz CT molecular complexity index is 876. The molecular formula is C22H23F2N3O2. The molecule has 5 nitrogen and oxygen atoms in total. The lowest BCUT2D eigenvalue weighted by molar-refractivity contribution is -0.134. The molecule has 0 unspecified atom stereocenters. The monoisotopic (exact) mass is 399 g/mol. The molecule has 0 aromatic heterocycles. The first kappa shape index (κ1) is 19.5. The fraction of sp³-hybridized carbons (Fsp3) is 0.364. The Labute approximate surface area is 168 Å². The number of amides is 1. The summed E-state index contributed by atoms with van der Waals surface area (Å²) in [5.41, 5.74) is 1.65. The van der Waals surface area contributed by atoms with E-state index in [2.05, 4.69) is 10.0 Å². The Morgan fingerprint density at radius 1 is 0.931 bits per heavy atom. The van der Waals surface area contributed by atoms with Crippen molar-refractivity contribution in [3.63, 3.8) is 0 Å². The average molecular weight is 399 g/mol. The number of benzene rings is 2. The molecule has 0 aliphatic carbocycles. The van der Waals surface area contributed by atoms with Crippen LogP contribution in [0.25, 0.3) is 0 Å². The van der Waals surface area contributed by atoms with Gasteiger partial charge in [0.05, 0.1) is 12.4 Å². The number of ether oxygens (including phenoxy) is 1. The van der Waals surface area contributed by atoms with Crippen LogP contribution in [-0.2, 0) is 4.79 Å². The highest BCUT2D eigenvalue weighted by molar-refractivity contribution is 6.04. The van der Waals surface area contributed by atoms with Crippen molar-refractivity contribution >= 4 is 11.6 Å². The molecule has 2 aliphatic rings. The van der Waals surface area contributed by atoms with Crippen molar-refractivity contribution in [2.75, 3.05) is 19.8 Å². The van der Waals surface area contributed by atoms with Crippen LogP contribution in [0, 0.1) is 11.6 Å². The zero-order valence-electron chi connectivity index (χ0n) is 16.1. The highest BCUT2D eigenvalue weighted by Gasteiger charge is 2.26. The maximum atomic E-state index is 13.2. The van der Waals surface area contributed by atoms with Crippen LogP contribution in [0.1, 0.15) is 31.2 Å². The molecule has 1 amide bonds. The molecule has 0 atom stereocenters. The molecule has 1 saturated heterocycles. The van der Waals surface area contributed by atoms with E-state index in [1.54, 1.807) is 24.3 Å². The lowest BCUT2D eigenvalue weighted by Crippen LogP contribution is -2.46. The number of carbonyl (C=O) groups excluding carboxylic acids is 1. The zero-order chi connectivity index (χ0) is 20.2. The number of halogens is 2. The van der Waals surface area contributed by atoms with Crippen molar-refractivity contribution in [2.24, 2.45) is 5.10 Å². The first-order chi connectivity index (χ1) is 14.1. The molecule has 7 heteroatoms. The van der Waals surface area contributed by atoms with Gasteiger partial charge in [0.1, 0.15) is 23.5 Å². The lowest BCUT2D eigenvalue weighted by atomic mass is 10.0. The summed E-state index contributed by atoms with van der Waals surface area (Å²) in [6.45, 7) is 2.01. The van der Waals surface area contributed by atoms with Crippen molar-refractivity contribution < 1.29 is 18.3 Å². The summed E-state index contributed by atoms with van der Waals surface area (Å²) < 4.78 is 32.1. The van der Waals surface area contributed by atoms with E-state index < -0.39 is 0 Å². The second-order valence-electron chi connectivity index (χ2n) is 7.38. The molecule has 0 saturated carbocycles. The van der Waals surface area contributed by atoms with E-state index in [1.165, 1.54) is 29.3 Å². The first-order valence-electron chi connectivity index (χ1n) is 9.85. The van der Waals surface area contributed by atoms with Gasteiger partial charge in [0, 0.05) is 25.9 Å². The van der Waals surface area contributed by atoms with E-state index in [1.807, 2.05) is 0 Å². The Hall–Kier alpha value is -2.80. The smallest absolute Gasteiger partial charge is 0.244 e. The van der Waals surface area contributed by atoms with Crippen molar-refractivity contribution in [1.29, 1.82) is 0 Å². The predicted octanol–water partition coefficient (Wildman–Crippen LogP) is 3.79. The van der Waals surface area contributed by atoms with Gasteiger partial charge in [-0.15, -0.1) is 0 Å². The number of likely N-dealkylation sites (tertiary alicyclic amines) is 1. The summed E-state index contributed by atoms with van der Waals surface area (Å²) in [5, 5.41) is 6.04. The molecule has 1 fully saturated rings. The molecule has 29 heavy (non-hydrogen) atoms. The third-order valence-corrected chi connectivity index (χ3v) is 5.27. The maximum Gasteiger partial charge on any atom is 0.244 e. The minimum absolute atomic E-state index is 0.000507. The maximum absolute atomic E-state index is 13.2. The van der Waals surface area contributed by atoms with E-state index in [0.29, 0.717) is 25.3 Å². The van der Waals surface area contributed by atoms with Crippen LogP contribution in [0.3, 0.4) is 0 Å². The Morgan fingerprint density at radius 2 is 1.55 bits per heavy atom. The standard InChI is InChI=1S/C22H23F2N3O2/c23-17-3-1-16(2-4-17)21-9-10-22(28)27(25-21)15-26-13-11-20(12-14-26)29-19-7-5-18(24)6-8-19/h1-8,20H,9-15H2. The lowest BCUT2D eigenvalue weighted by Gasteiger charge is -2.35. The van der Waals surface area contributed by atoms with Crippen molar-refractivity contribution in [3.8, 4) is 5.75 Å². The fourth-order valence-electron chi connectivity index (χ4n) is 3.62. The Balaban J connectivity index is 1.33. The molecule has 2 heterocycles. The van der Waals surface area contributed by atoms with Gasteiger partial charge in [0.25, 0.3) is 0 Å². The van der Waals surface area contributed by atoms with Crippen LogP contribution < -0.4 is 4.74 Å². The Kier molecular flexibility index (Phi) is 5.85. The summed E-state index contributed by atoms with van der Waals surface area (Å²) in [4.78, 5) is 14.5. The van der Waals surface area contributed by atoms with Gasteiger partial charge in [-0.25, -0.2) is 13.8 Å². The van der Waals surface area contributed by atoms with Crippen LogP contribution in [0.2, 0.25) is 0 Å². The van der Waals surface area contributed by atoms with Crippen LogP contribution >= 0.6 is 0 Å². The molecule has 4 rings (SSSR count). The zero-order valence-corrected chi connectivity index (χ0v) is 16.1. The second kappa shape index (κ2) is 8.69. The highest BCUT2D eigenvalue weighted by Crippen LogP contribution is 2.21. The molecule has 0 N–H and O–H groups in total. The third kappa shape index (κ3) is 4.98. The van der Waals surface area contributed by atoms with E-state index in [4.69, 9.17) is 4.74 Å². The van der Waals surface area contributed by atoms with Crippen LogP contribution in [-0.4, -0.2) is 47.4 Å². The predicted molar refractivity (Wildman–Crippen MR) is 106 cm³/mol. The summed E-state index contributed by atoms with van der Waals surface area (Å²) >= 11 is 0. The molecule has 0 radical (unpaired) electrons. The average Bonchev–Trinajstić information content (AvgIpc) is 2.73. The number of hydrogen-bond acceptors (Lipinski definition) is 4. The van der Waals surface area contributed by atoms with Gasteiger partial charge in [-0.05, 0) is 54.8 Å². The second-order valence-corrected chi connectivity index (χ2v) is 7.38. The number of piperidine rings is 1. The molecule has 152 valence electrons. The first-order valence-corrected chi connectivity index (χ1v) is 9.85. The van der Waals surface area contributed by atoms with Gasteiger partial charge in [0.15, 0.2) is 0 Å². The van der Waals surface area contributed by atoms with Crippen molar-refractivity contribution in [1.82, 2.24) is 9.91 Å². The van der Waals surface area contributed by atoms with Gasteiger partial charge in [-0.2, -0.15) is 5.10 Å². The number of carbonyl (C=O) groups is 1. The normalized spacial score (nSPS) is 18.6. The topological polar surface area (TPSA) is 45.1 Å². The van der Waals surface area contributed by atoms with Crippen molar-refractivity contribution in [2.45, 2.75) is 31.8 Å². The molecule has 0 spiro atoms. The minimum atomic E-state index is -0.288. The van der Waals surface area contributed by atoms with E-state index >= 15 is 0 Å². The SMILES string of the molecule is O=C1CCC(c2ccc(F)cc2)=NN1CN1CCC(Oc2ccc(F)cc2)CC1. The van der Waals surface area contributed by atoms with Gasteiger partial charge in [-0.1, -0.05) is 12.1 Å². The van der Waals surface area contributed by atoms with Crippen LogP contribution in [0.15, 0.2) is 53.6 Å². The van der Waals surface area contributed by atoms with E-state index in [-0.39, 0.29) is 23.6 Å². The quantitative estimate of drug-likeness (QED) is 0.769. The molecule has 0 bridgehead atoms. The summed E-state index contributed by atoms with van der Waals surface area (Å²) in [6, 6.07) is 12.3. The number of nitrogens with zero attached hydrogens (tertiary/aromatic N) is 3. The summed E-state index contributed by atoms with van der Waals surface area (Å²) in [7, 11) is 0.